The molecule has 0 amide bonds. The van der Waals surface area contributed by atoms with E-state index in [1.165, 1.54) is 5.56 Å². The van der Waals surface area contributed by atoms with Crippen molar-refractivity contribution in [1.29, 1.82) is 0 Å². The zero-order valence-corrected chi connectivity index (χ0v) is 13.3. The van der Waals surface area contributed by atoms with Crippen LogP contribution in [0.1, 0.15) is 12.0 Å². The molecule has 0 spiro atoms. The summed E-state index contributed by atoms with van der Waals surface area (Å²) >= 11 is 9.32. The van der Waals surface area contributed by atoms with Crippen LogP contribution in [0.2, 0.25) is 5.02 Å². The summed E-state index contributed by atoms with van der Waals surface area (Å²) in [5, 5.41) is 3.90. The van der Waals surface area contributed by atoms with Gasteiger partial charge < -0.3 is 10.1 Å². The highest BCUT2D eigenvalue weighted by Crippen LogP contribution is 2.24. The first-order chi connectivity index (χ1) is 9.75. The van der Waals surface area contributed by atoms with Crippen molar-refractivity contribution in [1.82, 2.24) is 10.3 Å². The van der Waals surface area contributed by atoms with Gasteiger partial charge in [-0.1, -0.05) is 41.9 Å². The molecule has 0 bridgehead atoms. The molecule has 0 fully saturated rings. The van der Waals surface area contributed by atoms with Crippen molar-refractivity contribution in [2.24, 2.45) is 0 Å². The van der Waals surface area contributed by atoms with Gasteiger partial charge in [0.15, 0.2) is 0 Å². The van der Waals surface area contributed by atoms with Crippen LogP contribution in [0.25, 0.3) is 0 Å². The molecule has 2 aromatic rings. The molecular weight excluding hydrogens is 340 g/mol. The van der Waals surface area contributed by atoms with Gasteiger partial charge in [-0.05, 0) is 40.5 Å². The van der Waals surface area contributed by atoms with E-state index in [1.54, 1.807) is 12.3 Å². The maximum Gasteiger partial charge on any atom is 0.232 e. The van der Waals surface area contributed by atoms with Gasteiger partial charge in [0.1, 0.15) is 5.02 Å². The third-order valence-corrected chi connectivity index (χ3v) is 3.39. The Balaban J connectivity index is 1.62. The fourth-order valence-corrected chi connectivity index (χ4v) is 2.39. The summed E-state index contributed by atoms with van der Waals surface area (Å²) in [5.74, 6) is 0.484. The lowest BCUT2D eigenvalue weighted by Gasteiger charge is -2.08. The fraction of sp³-hybridized carbons (Fsp3) is 0.267. The summed E-state index contributed by atoms with van der Waals surface area (Å²) in [5.41, 5.74) is 1.28. The number of halogens is 2. The van der Waals surface area contributed by atoms with E-state index in [1.807, 2.05) is 18.2 Å². The normalized spacial score (nSPS) is 10.5. The van der Waals surface area contributed by atoms with Crippen LogP contribution in [0, 0.1) is 0 Å². The quantitative estimate of drug-likeness (QED) is 0.761. The van der Waals surface area contributed by atoms with E-state index in [4.69, 9.17) is 16.3 Å². The number of rotatable bonds is 7. The van der Waals surface area contributed by atoms with Crippen LogP contribution in [0.5, 0.6) is 5.88 Å². The third kappa shape index (κ3) is 5.12. The van der Waals surface area contributed by atoms with Gasteiger partial charge in [0, 0.05) is 17.2 Å². The van der Waals surface area contributed by atoms with Gasteiger partial charge in [-0.15, -0.1) is 0 Å². The van der Waals surface area contributed by atoms with Crippen LogP contribution in [0.15, 0.2) is 47.1 Å². The molecule has 0 aliphatic carbocycles. The van der Waals surface area contributed by atoms with E-state index in [0.717, 1.165) is 24.0 Å². The number of nitrogens with zero attached hydrogens (tertiary/aromatic N) is 1. The van der Waals surface area contributed by atoms with Crippen molar-refractivity contribution in [2.45, 2.75) is 13.0 Å². The molecule has 3 nitrogen and oxygen atoms in total. The van der Waals surface area contributed by atoms with Gasteiger partial charge in [0.05, 0.1) is 6.61 Å². The number of pyridine rings is 1. The van der Waals surface area contributed by atoms with Crippen molar-refractivity contribution in [3.63, 3.8) is 0 Å². The van der Waals surface area contributed by atoms with Crippen LogP contribution >= 0.6 is 27.5 Å². The molecule has 0 atom stereocenters. The van der Waals surface area contributed by atoms with Crippen LogP contribution in [-0.4, -0.2) is 18.1 Å². The number of hydrogen-bond acceptors (Lipinski definition) is 3. The van der Waals surface area contributed by atoms with Crippen LogP contribution in [0.4, 0.5) is 0 Å². The van der Waals surface area contributed by atoms with Gasteiger partial charge in [-0.2, -0.15) is 0 Å². The SMILES string of the molecule is Clc1cc(Br)cnc1OCCCNCc1ccccc1. The van der Waals surface area contributed by atoms with Crippen molar-refractivity contribution >= 4 is 27.5 Å². The topological polar surface area (TPSA) is 34.1 Å². The molecule has 20 heavy (non-hydrogen) atoms. The Kier molecular flexibility index (Phi) is 6.30. The molecule has 2 rings (SSSR count). The Hall–Kier alpha value is -1.10. The standard InChI is InChI=1S/C15H16BrClN2O/c16-13-9-14(17)15(19-11-13)20-8-4-7-18-10-12-5-2-1-3-6-12/h1-3,5-6,9,11,18H,4,7-8,10H2. The van der Waals surface area contributed by atoms with Gasteiger partial charge in [-0.3, -0.25) is 0 Å². The summed E-state index contributed by atoms with van der Waals surface area (Å²) in [6.45, 7) is 2.36. The number of nitrogens with one attached hydrogen (secondary N) is 1. The van der Waals surface area contributed by atoms with Gasteiger partial charge >= 0.3 is 0 Å². The lowest BCUT2D eigenvalue weighted by Crippen LogP contribution is -2.17. The van der Waals surface area contributed by atoms with Gasteiger partial charge in [0.2, 0.25) is 5.88 Å². The second-order valence-electron chi connectivity index (χ2n) is 4.30. The Morgan fingerprint density at radius 2 is 2.05 bits per heavy atom. The molecule has 5 heteroatoms. The molecule has 1 heterocycles. The Morgan fingerprint density at radius 1 is 1.25 bits per heavy atom. The van der Waals surface area contributed by atoms with E-state index in [9.17, 15) is 0 Å². The Morgan fingerprint density at radius 3 is 2.80 bits per heavy atom. The second kappa shape index (κ2) is 8.25. The monoisotopic (exact) mass is 354 g/mol. The van der Waals surface area contributed by atoms with E-state index in [2.05, 4.69) is 38.4 Å². The molecule has 1 N–H and O–H groups in total. The minimum Gasteiger partial charge on any atom is -0.477 e. The molecule has 0 saturated carbocycles. The van der Waals surface area contributed by atoms with Crippen LogP contribution in [0.3, 0.4) is 0 Å². The molecule has 0 aliphatic rings. The van der Waals surface area contributed by atoms with Crippen molar-refractivity contribution in [3.05, 3.63) is 57.7 Å². The first-order valence-electron chi connectivity index (χ1n) is 6.44. The zero-order valence-electron chi connectivity index (χ0n) is 11.0. The minimum absolute atomic E-state index is 0.484. The van der Waals surface area contributed by atoms with Crippen molar-refractivity contribution in [3.8, 4) is 5.88 Å². The summed E-state index contributed by atoms with van der Waals surface area (Å²) in [4.78, 5) is 4.12. The maximum absolute atomic E-state index is 6.02. The minimum atomic E-state index is 0.484. The third-order valence-electron chi connectivity index (χ3n) is 2.68. The van der Waals surface area contributed by atoms with Crippen molar-refractivity contribution in [2.75, 3.05) is 13.2 Å². The first kappa shape index (κ1) is 15.3. The highest BCUT2D eigenvalue weighted by molar-refractivity contribution is 9.10. The van der Waals surface area contributed by atoms with E-state index in [-0.39, 0.29) is 0 Å². The smallest absolute Gasteiger partial charge is 0.232 e. The fourth-order valence-electron chi connectivity index (χ4n) is 1.70. The summed E-state index contributed by atoms with van der Waals surface area (Å²) < 4.78 is 6.39. The zero-order chi connectivity index (χ0) is 14.2. The highest BCUT2D eigenvalue weighted by atomic mass is 79.9. The van der Waals surface area contributed by atoms with Crippen LogP contribution < -0.4 is 10.1 Å². The summed E-state index contributed by atoms with van der Waals surface area (Å²) in [6.07, 6.45) is 2.58. The number of ether oxygens (including phenoxy) is 1. The van der Waals surface area contributed by atoms with Crippen molar-refractivity contribution < 1.29 is 4.74 Å². The molecule has 0 radical (unpaired) electrons. The lowest BCUT2D eigenvalue weighted by molar-refractivity contribution is 0.297. The average Bonchev–Trinajstić information content (AvgIpc) is 2.46. The van der Waals surface area contributed by atoms with Crippen LogP contribution in [-0.2, 0) is 6.54 Å². The Labute approximate surface area is 132 Å². The number of benzene rings is 1. The maximum atomic E-state index is 6.02. The predicted octanol–water partition coefficient (Wildman–Crippen LogP) is 4.06. The van der Waals surface area contributed by atoms with E-state index < -0.39 is 0 Å². The van der Waals surface area contributed by atoms with Gasteiger partial charge in [-0.25, -0.2) is 4.98 Å². The average molecular weight is 356 g/mol. The summed E-state index contributed by atoms with van der Waals surface area (Å²) in [6, 6.07) is 12.1. The molecule has 0 unspecified atom stereocenters. The first-order valence-corrected chi connectivity index (χ1v) is 7.61. The summed E-state index contributed by atoms with van der Waals surface area (Å²) in [7, 11) is 0. The largest absolute Gasteiger partial charge is 0.477 e. The molecule has 1 aromatic carbocycles. The predicted molar refractivity (Wildman–Crippen MR) is 85.2 cm³/mol. The number of aromatic nitrogens is 1. The molecule has 0 saturated heterocycles. The van der Waals surface area contributed by atoms with E-state index in [0.29, 0.717) is 17.5 Å². The molecule has 1 aromatic heterocycles. The highest BCUT2D eigenvalue weighted by Gasteiger charge is 2.03. The second-order valence-corrected chi connectivity index (χ2v) is 5.63. The van der Waals surface area contributed by atoms with E-state index >= 15 is 0 Å². The molecular formula is C15H16BrClN2O. The lowest BCUT2D eigenvalue weighted by atomic mass is 10.2. The number of hydrogen-bond donors (Lipinski definition) is 1. The Bertz CT molecular complexity index is 537. The molecule has 0 aliphatic heterocycles. The van der Waals surface area contributed by atoms with Gasteiger partial charge in [0.25, 0.3) is 0 Å². The molecule has 106 valence electrons.